The number of amides is 2. The summed E-state index contributed by atoms with van der Waals surface area (Å²) in [5.74, 6) is 0.163. The van der Waals surface area contributed by atoms with Crippen LogP contribution >= 0.6 is 23.1 Å². The lowest BCUT2D eigenvalue weighted by Gasteiger charge is -2.14. The first-order valence-corrected chi connectivity index (χ1v) is 12.6. The van der Waals surface area contributed by atoms with Crippen LogP contribution in [0.25, 0.3) is 0 Å². The third kappa shape index (κ3) is 7.29. The second-order valence-electron chi connectivity index (χ2n) is 7.35. The molecule has 1 aromatic carbocycles. The molecule has 0 fully saturated rings. The molecule has 0 spiro atoms. The van der Waals surface area contributed by atoms with Gasteiger partial charge in [-0.1, -0.05) is 42.1 Å². The van der Waals surface area contributed by atoms with Crippen molar-refractivity contribution in [3.05, 3.63) is 84.1 Å². The average Bonchev–Trinajstić information content (AvgIpc) is 3.45. The van der Waals surface area contributed by atoms with Crippen molar-refractivity contribution in [2.24, 2.45) is 0 Å². The van der Waals surface area contributed by atoms with Crippen molar-refractivity contribution >= 4 is 45.7 Å². The van der Waals surface area contributed by atoms with Gasteiger partial charge >= 0.3 is 0 Å². The predicted molar refractivity (Wildman–Crippen MR) is 138 cm³/mol. The van der Waals surface area contributed by atoms with Crippen LogP contribution in [0.5, 0.6) is 0 Å². The van der Waals surface area contributed by atoms with Crippen molar-refractivity contribution in [3.8, 4) is 0 Å². The van der Waals surface area contributed by atoms with E-state index in [4.69, 9.17) is 0 Å². The van der Waals surface area contributed by atoms with Gasteiger partial charge in [-0.25, -0.2) is 9.66 Å². The normalized spacial score (nSPS) is 12.8. The SMILES string of the molecule is CC(=O)Nn1c(Cc2csc(Nc3ccccc3)n2)nnc1SCC(=O)N/C=C/N1C=CC=CC1. The lowest BCUT2D eigenvalue weighted by atomic mass is 10.3. The van der Waals surface area contributed by atoms with E-state index in [0.29, 0.717) is 17.4 Å². The van der Waals surface area contributed by atoms with Crippen LogP contribution < -0.4 is 16.1 Å². The Bertz CT molecular complexity index is 1250. The second-order valence-corrected chi connectivity index (χ2v) is 9.15. The largest absolute Gasteiger partial charge is 0.349 e. The molecule has 0 saturated carbocycles. The van der Waals surface area contributed by atoms with Gasteiger partial charge in [0.15, 0.2) is 11.0 Å². The number of nitrogens with zero attached hydrogens (tertiary/aromatic N) is 5. The number of rotatable bonds is 10. The minimum atomic E-state index is -0.270. The highest BCUT2D eigenvalue weighted by Gasteiger charge is 2.17. The number of allylic oxidation sites excluding steroid dienone is 2. The number of aromatic nitrogens is 4. The number of hydrogen-bond acceptors (Lipinski definition) is 9. The molecule has 12 heteroatoms. The lowest BCUT2D eigenvalue weighted by Crippen LogP contribution is -2.24. The topological polar surface area (TPSA) is 117 Å². The molecule has 0 atom stereocenters. The van der Waals surface area contributed by atoms with Gasteiger partial charge in [0, 0.05) is 43.1 Å². The Morgan fingerprint density at radius 3 is 2.83 bits per heavy atom. The molecule has 0 bridgehead atoms. The average molecular weight is 509 g/mol. The zero-order valence-electron chi connectivity index (χ0n) is 18.9. The predicted octanol–water partition coefficient (Wildman–Crippen LogP) is 3.22. The van der Waals surface area contributed by atoms with Gasteiger partial charge in [-0.2, -0.15) is 0 Å². The fraction of sp³-hybridized carbons (Fsp3) is 0.174. The number of para-hydroxylation sites is 1. The van der Waals surface area contributed by atoms with Gasteiger partial charge in [0.05, 0.1) is 17.9 Å². The highest BCUT2D eigenvalue weighted by Crippen LogP contribution is 2.23. The number of thioether (sulfide) groups is 1. The molecule has 0 aliphatic carbocycles. The van der Waals surface area contributed by atoms with Gasteiger partial charge in [-0.05, 0) is 18.2 Å². The van der Waals surface area contributed by atoms with E-state index in [0.717, 1.165) is 23.1 Å². The van der Waals surface area contributed by atoms with E-state index in [9.17, 15) is 9.59 Å². The quantitative estimate of drug-likeness (QED) is 0.358. The van der Waals surface area contributed by atoms with Gasteiger partial charge in [-0.15, -0.1) is 21.5 Å². The van der Waals surface area contributed by atoms with Crippen LogP contribution in [0, 0.1) is 0 Å². The van der Waals surface area contributed by atoms with E-state index in [1.54, 1.807) is 12.4 Å². The summed E-state index contributed by atoms with van der Waals surface area (Å²) < 4.78 is 1.50. The monoisotopic (exact) mass is 508 g/mol. The van der Waals surface area contributed by atoms with Crippen LogP contribution in [0.4, 0.5) is 10.8 Å². The molecule has 180 valence electrons. The summed E-state index contributed by atoms with van der Waals surface area (Å²) in [5.41, 5.74) is 4.46. The zero-order chi connectivity index (χ0) is 24.5. The smallest absolute Gasteiger partial charge is 0.235 e. The molecule has 3 heterocycles. The number of anilines is 2. The Morgan fingerprint density at radius 2 is 2.06 bits per heavy atom. The molecule has 3 aromatic rings. The van der Waals surface area contributed by atoms with Gasteiger partial charge in [-0.3, -0.25) is 15.0 Å². The van der Waals surface area contributed by atoms with Gasteiger partial charge in [0.25, 0.3) is 0 Å². The molecule has 0 radical (unpaired) electrons. The molecule has 2 aromatic heterocycles. The summed E-state index contributed by atoms with van der Waals surface area (Å²) >= 11 is 2.66. The first-order valence-electron chi connectivity index (χ1n) is 10.7. The van der Waals surface area contributed by atoms with Crippen molar-refractivity contribution in [1.82, 2.24) is 30.1 Å². The molecule has 1 aliphatic rings. The highest BCUT2D eigenvalue weighted by molar-refractivity contribution is 7.99. The minimum Gasteiger partial charge on any atom is -0.349 e. The highest BCUT2D eigenvalue weighted by atomic mass is 32.2. The van der Waals surface area contributed by atoms with Crippen LogP contribution in [0.15, 0.2) is 77.7 Å². The van der Waals surface area contributed by atoms with Crippen LogP contribution in [-0.4, -0.2) is 48.9 Å². The summed E-state index contributed by atoms with van der Waals surface area (Å²) in [7, 11) is 0. The molecule has 35 heavy (non-hydrogen) atoms. The molecule has 3 N–H and O–H groups in total. The van der Waals surface area contributed by atoms with E-state index in [2.05, 4.69) is 31.2 Å². The summed E-state index contributed by atoms with van der Waals surface area (Å²) in [6.07, 6.45) is 11.6. The molecular formula is C23H24N8O2S2. The zero-order valence-corrected chi connectivity index (χ0v) is 20.6. The Balaban J connectivity index is 1.35. The van der Waals surface area contributed by atoms with Crippen molar-refractivity contribution in [2.75, 3.05) is 23.0 Å². The van der Waals surface area contributed by atoms with Crippen molar-refractivity contribution in [3.63, 3.8) is 0 Å². The number of carbonyl (C=O) groups excluding carboxylic acids is 2. The van der Waals surface area contributed by atoms with Crippen LogP contribution in [-0.2, 0) is 16.0 Å². The van der Waals surface area contributed by atoms with Crippen LogP contribution in [0.2, 0.25) is 0 Å². The van der Waals surface area contributed by atoms with Crippen molar-refractivity contribution in [1.29, 1.82) is 0 Å². The van der Waals surface area contributed by atoms with Crippen LogP contribution in [0.1, 0.15) is 18.4 Å². The van der Waals surface area contributed by atoms with E-state index >= 15 is 0 Å². The first-order chi connectivity index (χ1) is 17.1. The van der Waals surface area contributed by atoms with E-state index in [1.165, 1.54) is 34.7 Å². The first kappa shape index (κ1) is 24.2. The van der Waals surface area contributed by atoms with Crippen molar-refractivity contribution in [2.45, 2.75) is 18.5 Å². The summed E-state index contributed by atoms with van der Waals surface area (Å²) in [6, 6.07) is 9.78. The summed E-state index contributed by atoms with van der Waals surface area (Å²) in [5, 5.41) is 17.5. The standard InChI is InChI=1S/C23H24N8O2S2/c1-17(32)29-31-20(14-19-15-34-22(26-19)25-18-8-4-2-5-9-18)27-28-23(31)35-16-21(33)24-10-13-30-11-6-3-7-12-30/h2-11,13,15H,12,14,16H2,1H3,(H,24,33)(H,25,26)(H,29,32)/b13-10+. The van der Waals surface area contributed by atoms with Gasteiger partial charge in [0.1, 0.15) is 0 Å². The number of thiazole rings is 1. The number of nitrogens with one attached hydrogen (secondary N) is 3. The molecule has 2 amide bonds. The van der Waals surface area contributed by atoms with Gasteiger partial charge < -0.3 is 15.5 Å². The van der Waals surface area contributed by atoms with Crippen molar-refractivity contribution < 1.29 is 9.59 Å². The molecule has 10 nitrogen and oxygen atoms in total. The molecule has 1 aliphatic heterocycles. The Morgan fingerprint density at radius 1 is 1.20 bits per heavy atom. The Labute approximate surface area is 210 Å². The molecule has 0 unspecified atom stereocenters. The Hall–Kier alpha value is -3.90. The third-order valence-electron chi connectivity index (χ3n) is 4.57. The number of carbonyl (C=O) groups is 2. The number of hydrogen-bond donors (Lipinski definition) is 3. The molecular weight excluding hydrogens is 484 g/mol. The maximum atomic E-state index is 12.2. The maximum Gasteiger partial charge on any atom is 0.235 e. The van der Waals surface area contributed by atoms with E-state index in [-0.39, 0.29) is 17.6 Å². The van der Waals surface area contributed by atoms with E-state index in [1.807, 2.05) is 65.0 Å². The molecule has 4 rings (SSSR count). The Kier molecular flexibility index (Phi) is 8.30. The lowest BCUT2D eigenvalue weighted by molar-refractivity contribution is -0.117. The molecule has 0 saturated heterocycles. The maximum absolute atomic E-state index is 12.2. The minimum absolute atomic E-state index is 0.111. The van der Waals surface area contributed by atoms with Gasteiger partial charge in [0.2, 0.25) is 17.0 Å². The van der Waals surface area contributed by atoms with E-state index < -0.39 is 0 Å². The summed E-state index contributed by atoms with van der Waals surface area (Å²) in [6.45, 7) is 2.16. The second kappa shape index (κ2) is 12.0. The fourth-order valence-corrected chi connectivity index (χ4v) is 4.47. The third-order valence-corrected chi connectivity index (χ3v) is 6.30. The van der Waals surface area contributed by atoms with Crippen LogP contribution in [0.3, 0.4) is 0 Å². The fourth-order valence-electron chi connectivity index (χ4n) is 3.02. The summed E-state index contributed by atoms with van der Waals surface area (Å²) in [4.78, 5) is 30.6. The number of benzene rings is 1.